The lowest BCUT2D eigenvalue weighted by Crippen LogP contribution is -2.24. The molecule has 1 aromatic rings. The number of para-hydroxylation sites is 1. The standard InChI is InChI=1S/C11H15ClN2O2S/c1-3-14-17(15,16)11-7-5-4-6-10(11)13-8-9(2)12/h4-7,13-14H,2-3,8H2,1H3. The molecule has 0 spiro atoms. The predicted octanol–water partition coefficient (Wildman–Crippen LogP) is 2.15. The molecule has 6 heteroatoms. The number of sulfonamides is 1. The molecular formula is C11H15ClN2O2S. The Kier molecular flexibility index (Phi) is 4.99. The van der Waals surface area contributed by atoms with Gasteiger partial charge in [-0.25, -0.2) is 13.1 Å². The summed E-state index contributed by atoms with van der Waals surface area (Å²) < 4.78 is 26.2. The van der Waals surface area contributed by atoms with Crippen LogP contribution in [-0.2, 0) is 10.0 Å². The van der Waals surface area contributed by atoms with E-state index in [4.69, 9.17) is 11.6 Å². The molecule has 0 saturated heterocycles. The maximum atomic E-state index is 11.9. The molecule has 2 N–H and O–H groups in total. The molecule has 17 heavy (non-hydrogen) atoms. The third-order valence-corrected chi connectivity index (χ3v) is 3.72. The number of rotatable bonds is 6. The molecule has 0 aliphatic carbocycles. The van der Waals surface area contributed by atoms with E-state index in [1.165, 1.54) is 6.07 Å². The molecule has 0 amide bonds. The Balaban J connectivity index is 3.03. The van der Waals surface area contributed by atoms with Crippen LogP contribution in [0.3, 0.4) is 0 Å². The quantitative estimate of drug-likeness (QED) is 0.836. The van der Waals surface area contributed by atoms with Gasteiger partial charge in [-0.1, -0.05) is 37.2 Å². The fourth-order valence-corrected chi connectivity index (χ4v) is 2.60. The van der Waals surface area contributed by atoms with Gasteiger partial charge >= 0.3 is 0 Å². The van der Waals surface area contributed by atoms with Gasteiger partial charge in [0.15, 0.2) is 0 Å². The minimum absolute atomic E-state index is 0.208. The molecule has 0 fully saturated rings. The molecule has 94 valence electrons. The van der Waals surface area contributed by atoms with Crippen LogP contribution < -0.4 is 10.0 Å². The zero-order valence-electron chi connectivity index (χ0n) is 9.53. The van der Waals surface area contributed by atoms with Crippen LogP contribution in [0.5, 0.6) is 0 Å². The number of hydrogen-bond acceptors (Lipinski definition) is 3. The molecule has 0 heterocycles. The van der Waals surface area contributed by atoms with Gasteiger partial charge in [-0.3, -0.25) is 0 Å². The summed E-state index contributed by atoms with van der Waals surface area (Å²) in [5, 5.41) is 3.34. The Bertz CT molecular complexity index is 500. The highest BCUT2D eigenvalue weighted by atomic mass is 35.5. The van der Waals surface area contributed by atoms with Gasteiger partial charge in [0.1, 0.15) is 4.90 Å². The van der Waals surface area contributed by atoms with Crippen molar-refractivity contribution in [2.75, 3.05) is 18.4 Å². The predicted molar refractivity (Wildman–Crippen MR) is 70.8 cm³/mol. The van der Waals surface area contributed by atoms with Crippen LogP contribution in [0, 0.1) is 0 Å². The van der Waals surface area contributed by atoms with E-state index < -0.39 is 10.0 Å². The maximum absolute atomic E-state index is 11.9. The van der Waals surface area contributed by atoms with Crippen molar-refractivity contribution in [2.24, 2.45) is 0 Å². The van der Waals surface area contributed by atoms with Crippen molar-refractivity contribution in [3.8, 4) is 0 Å². The van der Waals surface area contributed by atoms with Gasteiger partial charge in [0.25, 0.3) is 0 Å². The largest absolute Gasteiger partial charge is 0.379 e. The van der Waals surface area contributed by atoms with Crippen molar-refractivity contribution in [2.45, 2.75) is 11.8 Å². The number of halogens is 1. The third kappa shape index (κ3) is 4.03. The Morgan fingerprint density at radius 1 is 1.41 bits per heavy atom. The Labute approximate surface area is 107 Å². The minimum Gasteiger partial charge on any atom is -0.379 e. The van der Waals surface area contributed by atoms with Gasteiger partial charge in [-0.15, -0.1) is 0 Å². The van der Waals surface area contributed by atoms with E-state index in [9.17, 15) is 8.42 Å². The first-order chi connectivity index (χ1) is 7.97. The second kappa shape index (κ2) is 6.05. The third-order valence-electron chi connectivity index (χ3n) is 1.98. The molecule has 0 aliphatic heterocycles. The highest BCUT2D eigenvalue weighted by Gasteiger charge is 2.16. The van der Waals surface area contributed by atoms with Crippen molar-refractivity contribution >= 4 is 27.3 Å². The van der Waals surface area contributed by atoms with Crippen molar-refractivity contribution in [3.05, 3.63) is 35.9 Å². The molecule has 0 atom stereocenters. The van der Waals surface area contributed by atoms with Crippen LogP contribution >= 0.6 is 11.6 Å². The van der Waals surface area contributed by atoms with Gasteiger partial charge in [-0.2, -0.15) is 0 Å². The minimum atomic E-state index is -3.47. The van der Waals surface area contributed by atoms with Crippen molar-refractivity contribution in [1.82, 2.24) is 4.72 Å². The highest BCUT2D eigenvalue weighted by molar-refractivity contribution is 7.89. The SMILES string of the molecule is C=C(Cl)CNc1ccccc1S(=O)(=O)NCC. The molecule has 4 nitrogen and oxygen atoms in total. The van der Waals surface area contributed by atoms with Gasteiger partial charge < -0.3 is 5.32 Å². The number of benzene rings is 1. The topological polar surface area (TPSA) is 58.2 Å². The Morgan fingerprint density at radius 3 is 2.65 bits per heavy atom. The van der Waals surface area contributed by atoms with E-state index in [-0.39, 0.29) is 4.90 Å². The first-order valence-electron chi connectivity index (χ1n) is 5.13. The van der Waals surface area contributed by atoms with Crippen LogP contribution in [-0.4, -0.2) is 21.5 Å². The van der Waals surface area contributed by atoms with Gasteiger partial charge in [-0.05, 0) is 12.1 Å². The van der Waals surface area contributed by atoms with Gasteiger partial charge in [0.05, 0.1) is 12.2 Å². The van der Waals surface area contributed by atoms with Crippen molar-refractivity contribution in [1.29, 1.82) is 0 Å². The molecular weight excluding hydrogens is 260 g/mol. The summed E-state index contributed by atoms with van der Waals surface area (Å²) in [6.45, 7) is 5.93. The molecule has 0 saturated carbocycles. The smallest absolute Gasteiger partial charge is 0.242 e. The lowest BCUT2D eigenvalue weighted by Gasteiger charge is -2.12. The molecule has 0 bridgehead atoms. The van der Waals surface area contributed by atoms with E-state index in [0.29, 0.717) is 23.8 Å². The number of nitrogens with one attached hydrogen (secondary N) is 2. The average molecular weight is 275 g/mol. The normalized spacial score (nSPS) is 11.2. The van der Waals surface area contributed by atoms with Gasteiger partial charge in [0.2, 0.25) is 10.0 Å². The summed E-state index contributed by atoms with van der Waals surface area (Å²) in [4.78, 5) is 0.208. The van der Waals surface area contributed by atoms with Crippen LogP contribution in [0.25, 0.3) is 0 Å². The molecule has 0 aromatic heterocycles. The fourth-order valence-electron chi connectivity index (χ4n) is 1.31. The van der Waals surface area contributed by atoms with Crippen LogP contribution in [0.15, 0.2) is 40.8 Å². The van der Waals surface area contributed by atoms with Crippen LogP contribution in [0.2, 0.25) is 0 Å². The summed E-state index contributed by atoms with van der Waals surface area (Å²) >= 11 is 5.63. The summed E-state index contributed by atoms with van der Waals surface area (Å²) in [6.07, 6.45) is 0. The van der Waals surface area contributed by atoms with Crippen LogP contribution in [0.1, 0.15) is 6.92 Å². The second-order valence-corrected chi connectivity index (χ2v) is 5.64. The van der Waals surface area contributed by atoms with Gasteiger partial charge in [0, 0.05) is 11.6 Å². The molecule has 1 rings (SSSR count). The van der Waals surface area contributed by atoms with E-state index >= 15 is 0 Å². The monoisotopic (exact) mass is 274 g/mol. The Hall–Kier alpha value is -1.04. The van der Waals surface area contributed by atoms with E-state index in [1.54, 1.807) is 25.1 Å². The summed E-state index contributed by atoms with van der Waals surface area (Å²) in [5.74, 6) is 0. The van der Waals surface area contributed by atoms with E-state index in [0.717, 1.165) is 0 Å². The molecule has 0 aliphatic rings. The van der Waals surface area contributed by atoms with Crippen molar-refractivity contribution in [3.63, 3.8) is 0 Å². The summed E-state index contributed by atoms with van der Waals surface area (Å²) in [6, 6.07) is 6.65. The van der Waals surface area contributed by atoms with E-state index in [2.05, 4.69) is 16.6 Å². The second-order valence-electron chi connectivity index (χ2n) is 3.37. The van der Waals surface area contributed by atoms with E-state index in [1.807, 2.05) is 0 Å². The highest BCUT2D eigenvalue weighted by Crippen LogP contribution is 2.20. The molecule has 0 unspecified atom stereocenters. The summed E-state index contributed by atoms with van der Waals surface area (Å²) in [5.41, 5.74) is 0.509. The van der Waals surface area contributed by atoms with Crippen molar-refractivity contribution < 1.29 is 8.42 Å². The Morgan fingerprint density at radius 2 is 2.06 bits per heavy atom. The zero-order chi connectivity index (χ0) is 12.9. The number of anilines is 1. The van der Waals surface area contributed by atoms with Crippen LogP contribution in [0.4, 0.5) is 5.69 Å². The summed E-state index contributed by atoms with van der Waals surface area (Å²) in [7, 11) is -3.47. The lowest BCUT2D eigenvalue weighted by atomic mass is 10.3. The number of hydrogen-bond donors (Lipinski definition) is 2. The first kappa shape index (κ1) is 14.0. The maximum Gasteiger partial charge on any atom is 0.242 e. The first-order valence-corrected chi connectivity index (χ1v) is 6.99. The fraction of sp³-hybridized carbons (Fsp3) is 0.273. The molecule has 1 aromatic carbocycles. The zero-order valence-corrected chi connectivity index (χ0v) is 11.1. The average Bonchev–Trinajstić information content (AvgIpc) is 2.26. The lowest BCUT2D eigenvalue weighted by molar-refractivity contribution is 0.584. The molecule has 0 radical (unpaired) electrons.